The van der Waals surface area contributed by atoms with Crippen LogP contribution in [-0.4, -0.2) is 50.6 Å². The molecule has 0 saturated carbocycles. The Morgan fingerprint density at radius 3 is 1.52 bits per heavy atom. The van der Waals surface area contributed by atoms with E-state index in [1.807, 2.05) is 48.6 Å². The van der Waals surface area contributed by atoms with Crippen LogP contribution in [0.5, 0.6) is 0 Å². The van der Waals surface area contributed by atoms with Crippen molar-refractivity contribution >= 4 is 56.7 Å². The predicted molar refractivity (Wildman–Crippen MR) is 95.1 cm³/mol. The zero-order valence-corrected chi connectivity index (χ0v) is 15.6. The molecule has 2 aromatic rings. The van der Waals surface area contributed by atoms with Crippen molar-refractivity contribution in [2.75, 3.05) is 0 Å². The molecule has 0 unspecified atom stereocenters. The van der Waals surface area contributed by atoms with Crippen molar-refractivity contribution in [1.82, 2.24) is 5.58 Å². The minimum absolute atomic E-state index is 0.662. The summed E-state index contributed by atoms with van der Waals surface area (Å²) in [6.07, 6.45) is 7.52. The van der Waals surface area contributed by atoms with Gasteiger partial charge < -0.3 is 0 Å². The normalized spacial score (nSPS) is 18.7. The molecule has 2 radical (unpaired) electrons. The van der Waals surface area contributed by atoms with E-state index in [-0.39, 0.29) is 0 Å². The maximum absolute atomic E-state index is 4.68. The molecule has 0 aliphatic carbocycles. The average molecular weight is 431 g/mol. The van der Waals surface area contributed by atoms with Gasteiger partial charge in [-0.3, -0.25) is 0 Å². The third-order valence-corrected chi connectivity index (χ3v) is 7.77. The van der Waals surface area contributed by atoms with E-state index in [0.717, 1.165) is 22.6 Å². The van der Waals surface area contributed by atoms with Gasteiger partial charge in [0.2, 0.25) is 0 Å². The molecular weight excluding hydrogens is 423 g/mol. The fraction of sp³-hybridized carbons (Fsp3) is 0. The van der Waals surface area contributed by atoms with Crippen molar-refractivity contribution in [2.45, 2.75) is 0 Å². The van der Waals surface area contributed by atoms with Crippen LogP contribution in [0.4, 0.5) is 11.6 Å². The van der Waals surface area contributed by atoms with E-state index in [0.29, 0.717) is 23.3 Å². The fourth-order valence-corrected chi connectivity index (χ4v) is 6.05. The van der Waals surface area contributed by atoms with Crippen molar-refractivity contribution in [2.24, 2.45) is 30.0 Å². The van der Waals surface area contributed by atoms with Crippen LogP contribution in [0.1, 0.15) is 0 Å². The molecule has 4 aliphatic heterocycles. The van der Waals surface area contributed by atoms with E-state index in [4.69, 9.17) is 0 Å². The summed E-state index contributed by atoms with van der Waals surface area (Å²) in [6.45, 7) is 0. The molecule has 6 heterocycles. The Labute approximate surface area is 151 Å². The van der Waals surface area contributed by atoms with E-state index >= 15 is 0 Å². The molecule has 0 N–H and O–H groups in total. The summed E-state index contributed by atoms with van der Waals surface area (Å²) in [5.74, 6) is 4.36. The number of fused-ring (bicyclic) bond motifs is 2. The van der Waals surface area contributed by atoms with E-state index in [9.17, 15) is 0 Å². The number of aliphatic imine (C=N–C) groups is 4. The molecular formula is C16H8N8Sn. The summed E-state index contributed by atoms with van der Waals surface area (Å²) in [6, 6.07) is 7.92. The van der Waals surface area contributed by atoms with Gasteiger partial charge in [-0.15, -0.1) is 0 Å². The third-order valence-electron chi connectivity index (χ3n) is 4.02. The van der Waals surface area contributed by atoms with E-state index in [2.05, 4.69) is 35.5 Å². The second-order valence-corrected chi connectivity index (χ2v) is 8.76. The van der Waals surface area contributed by atoms with Crippen LogP contribution in [0.3, 0.4) is 0 Å². The Kier molecular flexibility index (Phi) is 2.59. The molecule has 0 fully saturated rings. The van der Waals surface area contributed by atoms with Gasteiger partial charge in [-0.25, -0.2) is 0 Å². The number of aromatic nitrogens is 2. The quantitative estimate of drug-likeness (QED) is 0.545. The molecule has 0 atom stereocenters. The van der Waals surface area contributed by atoms with Gasteiger partial charge in [0.1, 0.15) is 0 Å². The van der Waals surface area contributed by atoms with Crippen molar-refractivity contribution in [1.29, 1.82) is 0 Å². The van der Waals surface area contributed by atoms with Gasteiger partial charge in [-0.2, -0.15) is 0 Å². The van der Waals surface area contributed by atoms with Crippen LogP contribution >= 0.6 is 0 Å². The van der Waals surface area contributed by atoms with Crippen LogP contribution in [-0.2, 0) is 0 Å². The van der Waals surface area contributed by atoms with Crippen molar-refractivity contribution in [3.8, 4) is 0 Å². The molecule has 4 aliphatic rings. The molecule has 116 valence electrons. The zero-order chi connectivity index (χ0) is 16.4. The van der Waals surface area contributed by atoms with E-state index in [1.165, 1.54) is 0 Å². The first-order valence-corrected chi connectivity index (χ1v) is 10.2. The third kappa shape index (κ3) is 2.07. The summed E-state index contributed by atoms with van der Waals surface area (Å²) < 4.78 is 4.36. The van der Waals surface area contributed by atoms with Gasteiger partial charge in [-0.1, -0.05) is 0 Å². The average Bonchev–Trinajstić information content (AvgIpc) is 3.37. The monoisotopic (exact) mass is 432 g/mol. The molecule has 6 bridgehead atoms. The topological polar surface area (TPSA) is 84.0 Å². The van der Waals surface area contributed by atoms with Gasteiger partial charge in [0, 0.05) is 0 Å². The summed E-state index contributed by atoms with van der Waals surface area (Å²) in [5.41, 5.74) is 1.71. The van der Waals surface area contributed by atoms with Crippen LogP contribution in [0.25, 0.3) is 0 Å². The van der Waals surface area contributed by atoms with Crippen LogP contribution < -0.4 is 11.0 Å². The molecule has 0 amide bonds. The van der Waals surface area contributed by atoms with Crippen molar-refractivity contribution < 1.29 is 0 Å². The van der Waals surface area contributed by atoms with Gasteiger partial charge in [0.15, 0.2) is 0 Å². The summed E-state index contributed by atoms with van der Waals surface area (Å²) in [5, 5.41) is 0. The maximum atomic E-state index is 4.68. The fourth-order valence-electron chi connectivity index (χ4n) is 2.89. The number of rotatable bonds is 0. The first kappa shape index (κ1) is 13.4. The van der Waals surface area contributed by atoms with E-state index < -0.39 is 21.7 Å². The Hall–Kier alpha value is -2.88. The second-order valence-electron chi connectivity index (χ2n) is 5.64. The number of amidine groups is 4. The van der Waals surface area contributed by atoms with Gasteiger partial charge in [0.25, 0.3) is 0 Å². The first-order chi connectivity index (χ1) is 12.3. The standard InChI is InChI=1S/C16H8N8.Sn/c1-2-10-17-9(1)21-11-3-4-13(18-11)23-15-7-8-16(20-15)24-14-6-5-12(19-14)22-10;/h1-8H;/q-2;+2. The SMILES string of the molecule is C1=CC2=Nc3ccc4[n]3[Sn][n]3c(ccc3=NC3=NC(=N4)C=C3)=NC1=N2. The number of hydrogen-bond donors (Lipinski definition) is 0. The number of nitrogens with zero attached hydrogens (tertiary/aromatic N) is 8. The zero-order valence-electron chi connectivity index (χ0n) is 12.7. The van der Waals surface area contributed by atoms with E-state index in [1.54, 1.807) is 0 Å². The van der Waals surface area contributed by atoms with Crippen LogP contribution in [0, 0.1) is 0 Å². The van der Waals surface area contributed by atoms with Crippen molar-refractivity contribution in [3.63, 3.8) is 0 Å². The predicted octanol–water partition coefficient (Wildman–Crippen LogP) is 0.483. The Balaban J connectivity index is 1.79. The Morgan fingerprint density at radius 1 is 0.520 bits per heavy atom. The summed E-state index contributed by atoms with van der Waals surface area (Å²) >= 11 is -1.37. The van der Waals surface area contributed by atoms with Crippen LogP contribution in [0.15, 0.2) is 78.5 Å². The Bertz CT molecular complexity index is 1170. The first-order valence-electron chi connectivity index (χ1n) is 7.67. The van der Waals surface area contributed by atoms with Crippen LogP contribution in [0.2, 0.25) is 0 Å². The van der Waals surface area contributed by atoms with Crippen molar-refractivity contribution in [3.05, 3.63) is 59.5 Å². The molecule has 0 saturated heterocycles. The second kappa shape index (κ2) is 4.82. The molecule has 9 heteroatoms. The van der Waals surface area contributed by atoms with Gasteiger partial charge in [-0.05, 0) is 0 Å². The minimum atomic E-state index is -1.37. The van der Waals surface area contributed by atoms with Gasteiger partial charge >= 0.3 is 152 Å². The summed E-state index contributed by atoms with van der Waals surface area (Å²) in [4.78, 5) is 27.7. The summed E-state index contributed by atoms with van der Waals surface area (Å²) in [7, 11) is 0. The molecule has 0 aromatic carbocycles. The molecule has 8 nitrogen and oxygen atoms in total. The molecule has 6 rings (SSSR count). The van der Waals surface area contributed by atoms with Gasteiger partial charge in [0.05, 0.1) is 0 Å². The molecule has 2 aromatic heterocycles. The molecule has 25 heavy (non-hydrogen) atoms. The number of hydrogen-bond acceptors (Lipinski definition) is 6. The molecule has 0 spiro atoms. The Morgan fingerprint density at radius 2 is 1.00 bits per heavy atom.